The summed E-state index contributed by atoms with van der Waals surface area (Å²) in [7, 11) is 0. The van der Waals surface area contributed by atoms with E-state index in [1.807, 2.05) is 0 Å². The number of aliphatic hydroxyl groups is 4. The Kier molecular flexibility index (Phi) is 12.9. The maximum absolute atomic E-state index is 13.0. The molecular formula is C23H32N2O14S. The van der Waals surface area contributed by atoms with E-state index in [1.165, 1.54) is 26.8 Å². The number of nitro groups is 2. The SMILES string of the molecule is CC(CO)(CO)C(=O)OCC(C)(COC(=O)C(C)(CO)CO)C(=O)OCCSc1ccc([N+](=O)[O-])cc1[N+](=O)[O-]. The monoisotopic (exact) mass is 592 g/mol. The number of esters is 3. The molecule has 1 rings (SSSR count). The summed E-state index contributed by atoms with van der Waals surface area (Å²) in [5.74, 6) is -3.16. The van der Waals surface area contributed by atoms with Gasteiger partial charge in [0.1, 0.15) is 36.1 Å². The van der Waals surface area contributed by atoms with Gasteiger partial charge in [0, 0.05) is 11.8 Å². The molecule has 0 aliphatic rings. The highest BCUT2D eigenvalue weighted by Crippen LogP contribution is 2.33. The molecule has 4 N–H and O–H groups in total. The fraction of sp³-hybridized carbons (Fsp3) is 0.609. The molecule has 0 unspecified atom stereocenters. The summed E-state index contributed by atoms with van der Waals surface area (Å²) in [5, 5.41) is 59.8. The number of non-ortho nitro benzene ring substituents is 1. The Morgan fingerprint density at radius 3 is 1.62 bits per heavy atom. The number of hydrogen-bond donors (Lipinski definition) is 4. The lowest BCUT2D eigenvalue weighted by atomic mass is 9.90. The number of rotatable bonds is 17. The first-order valence-electron chi connectivity index (χ1n) is 11.6. The van der Waals surface area contributed by atoms with Gasteiger partial charge >= 0.3 is 17.9 Å². The van der Waals surface area contributed by atoms with Gasteiger partial charge in [0.25, 0.3) is 11.4 Å². The lowest BCUT2D eigenvalue weighted by molar-refractivity contribution is -0.396. The Bertz CT molecular complexity index is 1050. The molecule has 0 amide bonds. The van der Waals surface area contributed by atoms with E-state index in [2.05, 4.69) is 0 Å². The second-order valence-corrected chi connectivity index (χ2v) is 10.8. The largest absolute Gasteiger partial charge is 0.464 e. The van der Waals surface area contributed by atoms with Crippen molar-refractivity contribution in [1.82, 2.24) is 0 Å². The van der Waals surface area contributed by atoms with Crippen LogP contribution in [0.25, 0.3) is 0 Å². The Morgan fingerprint density at radius 1 is 0.775 bits per heavy atom. The molecule has 40 heavy (non-hydrogen) atoms. The number of thioether (sulfide) groups is 1. The van der Waals surface area contributed by atoms with Crippen LogP contribution in [-0.4, -0.2) is 100 Å². The van der Waals surface area contributed by atoms with Crippen molar-refractivity contribution >= 4 is 41.0 Å². The molecule has 16 nitrogen and oxygen atoms in total. The van der Waals surface area contributed by atoms with Crippen LogP contribution in [0, 0.1) is 36.5 Å². The molecule has 0 bridgehead atoms. The number of carbonyl (C=O) groups excluding carboxylic acids is 3. The number of nitro benzene ring substituents is 2. The Balaban J connectivity index is 3.00. The van der Waals surface area contributed by atoms with Crippen LogP contribution in [0.5, 0.6) is 0 Å². The molecule has 0 fully saturated rings. The third kappa shape index (κ3) is 8.82. The number of aliphatic hydroxyl groups excluding tert-OH is 4. The van der Waals surface area contributed by atoms with Crippen LogP contribution in [0.15, 0.2) is 23.1 Å². The lowest BCUT2D eigenvalue weighted by Crippen LogP contribution is -2.45. The van der Waals surface area contributed by atoms with Crippen LogP contribution in [-0.2, 0) is 28.6 Å². The highest BCUT2D eigenvalue weighted by atomic mass is 32.2. The fourth-order valence-corrected chi connectivity index (χ4v) is 3.49. The van der Waals surface area contributed by atoms with Crippen molar-refractivity contribution < 1.29 is 58.9 Å². The minimum absolute atomic E-state index is 0.0275. The molecule has 0 spiro atoms. The summed E-state index contributed by atoms with van der Waals surface area (Å²) in [6.07, 6.45) is 0. The van der Waals surface area contributed by atoms with Crippen molar-refractivity contribution in [1.29, 1.82) is 0 Å². The van der Waals surface area contributed by atoms with Gasteiger partial charge in [-0.2, -0.15) is 0 Å². The summed E-state index contributed by atoms with van der Waals surface area (Å²) in [4.78, 5) is 58.4. The van der Waals surface area contributed by atoms with E-state index in [-0.39, 0.29) is 17.3 Å². The Hall–Kier alpha value is -3.38. The summed E-state index contributed by atoms with van der Waals surface area (Å²) in [6, 6.07) is 3.07. The maximum Gasteiger partial charge on any atom is 0.318 e. The minimum Gasteiger partial charge on any atom is -0.464 e. The van der Waals surface area contributed by atoms with E-state index in [0.717, 1.165) is 23.9 Å². The van der Waals surface area contributed by atoms with E-state index in [0.29, 0.717) is 0 Å². The van der Waals surface area contributed by atoms with Crippen LogP contribution in [0.3, 0.4) is 0 Å². The molecule has 0 aromatic heterocycles. The van der Waals surface area contributed by atoms with Gasteiger partial charge in [-0.25, -0.2) is 0 Å². The molecule has 0 aliphatic heterocycles. The van der Waals surface area contributed by atoms with Gasteiger partial charge in [-0.15, -0.1) is 11.8 Å². The van der Waals surface area contributed by atoms with Crippen molar-refractivity contribution in [2.45, 2.75) is 25.7 Å². The smallest absolute Gasteiger partial charge is 0.318 e. The summed E-state index contributed by atoms with van der Waals surface area (Å²) in [5.41, 5.74) is -6.19. The van der Waals surface area contributed by atoms with Crippen molar-refractivity contribution in [3.8, 4) is 0 Å². The van der Waals surface area contributed by atoms with Crippen LogP contribution >= 0.6 is 11.8 Å². The Labute approximate surface area is 232 Å². The van der Waals surface area contributed by atoms with Crippen molar-refractivity contribution in [3.05, 3.63) is 38.4 Å². The van der Waals surface area contributed by atoms with Crippen molar-refractivity contribution in [2.24, 2.45) is 16.2 Å². The highest BCUT2D eigenvalue weighted by Gasteiger charge is 2.43. The van der Waals surface area contributed by atoms with Gasteiger partial charge in [0.05, 0.1) is 47.2 Å². The number of carbonyl (C=O) groups is 3. The van der Waals surface area contributed by atoms with Crippen LogP contribution in [0.1, 0.15) is 20.8 Å². The highest BCUT2D eigenvalue weighted by molar-refractivity contribution is 7.99. The van der Waals surface area contributed by atoms with Gasteiger partial charge in [-0.3, -0.25) is 34.6 Å². The average molecular weight is 593 g/mol. The first kappa shape index (κ1) is 34.6. The van der Waals surface area contributed by atoms with E-state index in [1.54, 1.807) is 0 Å². The Morgan fingerprint density at radius 2 is 1.23 bits per heavy atom. The first-order chi connectivity index (χ1) is 18.6. The van der Waals surface area contributed by atoms with Gasteiger partial charge in [0.2, 0.25) is 0 Å². The molecule has 17 heteroatoms. The molecule has 1 aromatic carbocycles. The standard InChI is InChI=1S/C23H32N2O14S/c1-21(9-26,10-27)18(30)38-13-23(3,14-39-19(31)22(2,11-28)12-29)20(32)37-6-7-40-17-5-4-15(24(33)34)8-16(17)25(35)36/h4-5,8,26-29H,6-7,9-14H2,1-3H3. The third-order valence-corrected chi connectivity index (χ3v) is 6.87. The van der Waals surface area contributed by atoms with Crippen molar-refractivity contribution in [3.63, 3.8) is 0 Å². The number of benzene rings is 1. The zero-order valence-corrected chi connectivity index (χ0v) is 22.9. The zero-order valence-electron chi connectivity index (χ0n) is 22.1. The van der Waals surface area contributed by atoms with Crippen LogP contribution < -0.4 is 0 Å². The van der Waals surface area contributed by atoms with Gasteiger partial charge in [-0.05, 0) is 26.8 Å². The van der Waals surface area contributed by atoms with E-state index in [4.69, 9.17) is 14.2 Å². The maximum atomic E-state index is 13.0. The number of nitrogens with zero attached hydrogens (tertiary/aromatic N) is 2. The first-order valence-corrected chi connectivity index (χ1v) is 12.6. The second-order valence-electron chi connectivity index (χ2n) is 9.62. The molecule has 0 atom stereocenters. The molecule has 0 aliphatic carbocycles. The number of ether oxygens (including phenoxy) is 3. The normalized spacial score (nSPS) is 12.0. The molecular weight excluding hydrogens is 560 g/mol. The van der Waals surface area contributed by atoms with Gasteiger partial charge in [-0.1, -0.05) is 0 Å². The summed E-state index contributed by atoms with van der Waals surface area (Å²) < 4.78 is 15.4. The lowest BCUT2D eigenvalue weighted by Gasteiger charge is -2.30. The predicted molar refractivity (Wildman–Crippen MR) is 136 cm³/mol. The van der Waals surface area contributed by atoms with Gasteiger partial charge in [0.15, 0.2) is 0 Å². The third-order valence-electron chi connectivity index (χ3n) is 5.84. The summed E-state index contributed by atoms with van der Waals surface area (Å²) >= 11 is 0.880. The second kappa shape index (κ2) is 14.8. The molecule has 1 aromatic rings. The minimum atomic E-state index is -1.83. The molecule has 0 heterocycles. The molecule has 0 saturated carbocycles. The zero-order chi connectivity index (χ0) is 30.7. The summed E-state index contributed by atoms with van der Waals surface area (Å²) in [6.45, 7) is -1.18. The number of hydrogen-bond acceptors (Lipinski definition) is 15. The van der Waals surface area contributed by atoms with E-state index in [9.17, 15) is 55.0 Å². The van der Waals surface area contributed by atoms with Crippen LogP contribution in [0.4, 0.5) is 11.4 Å². The molecule has 0 radical (unpaired) electrons. The van der Waals surface area contributed by atoms with Crippen molar-refractivity contribution in [2.75, 3.05) is 52.0 Å². The average Bonchev–Trinajstić information content (AvgIpc) is 2.95. The fourth-order valence-electron chi connectivity index (χ4n) is 2.66. The quantitative estimate of drug-likeness (QED) is 0.0471. The van der Waals surface area contributed by atoms with Gasteiger partial charge < -0.3 is 34.6 Å². The predicted octanol–water partition coefficient (Wildman–Crippen LogP) is 0.213. The van der Waals surface area contributed by atoms with E-state index < -0.39 is 95.0 Å². The molecule has 224 valence electrons. The van der Waals surface area contributed by atoms with Crippen LogP contribution in [0.2, 0.25) is 0 Å². The molecule has 0 saturated heterocycles. The van der Waals surface area contributed by atoms with E-state index >= 15 is 0 Å². The topological polar surface area (TPSA) is 246 Å².